The molecule has 0 spiro atoms. The van der Waals surface area contributed by atoms with Crippen molar-refractivity contribution in [2.75, 3.05) is 33.9 Å². The van der Waals surface area contributed by atoms with Crippen molar-refractivity contribution in [3.05, 3.63) is 45.4 Å². The number of hydrogen-bond donors (Lipinski definition) is 1. The van der Waals surface area contributed by atoms with Crippen LogP contribution in [-0.2, 0) is 11.3 Å². The van der Waals surface area contributed by atoms with Gasteiger partial charge in [0.1, 0.15) is 23.5 Å². The van der Waals surface area contributed by atoms with Gasteiger partial charge in [-0.15, -0.1) is 11.3 Å². The zero-order chi connectivity index (χ0) is 20.5. The van der Waals surface area contributed by atoms with Crippen molar-refractivity contribution in [2.45, 2.75) is 40.3 Å². The third-order valence-corrected chi connectivity index (χ3v) is 5.24. The van der Waals surface area contributed by atoms with Crippen molar-refractivity contribution in [2.24, 2.45) is 4.99 Å². The number of guanidine groups is 1. The monoisotopic (exact) mass is 404 g/mol. The highest BCUT2D eigenvalue weighted by Crippen LogP contribution is 2.21. The number of nitrogens with one attached hydrogen (secondary N) is 1. The van der Waals surface area contributed by atoms with Gasteiger partial charge >= 0.3 is 0 Å². The first kappa shape index (κ1) is 22.2. The minimum atomic E-state index is 0.0216. The first-order chi connectivity index (χ1) is 13.4. The van der Waals surface area contributed by atoms with Crippen molar-refractivity contribution in [3.63, 3.8) is 0 Å². The van der Waals surface area contributed by atoms with Crippen LogP contribution in [-0.4, -0.2) is 49.7 Å². The van der Waals surface area contributed by atoms with Crippen LogP contribution < -0.4 is 10.1 Å². The predicted octanol–water partition coefficient (Wildman–Crippen LogP) is 3.94. The van der Waals surface area contributed by atoms with Crippen LogP contribution in [0, 0.1) is 13.8 Å². The molecule has 154 valence electrons. The molecule has 1 aromatic carbocycles. The van der Waals surface area contributed by atoms with Gasteiger partial charge in [-0.05, 0) is 51.0 Å². The average molecular weight is 405 g/mol. The van der Waals surface area contributed by atoms with Gasteiger partial charge in [0.2, 0.25) is 0 Å². The number of aliphatic imine (C=N–C) groups is 1. The molecule has 28 heavy (non-hydrogen) atoms. The van der Waals surface area contributed by atoms with Crippen molar-refractivity contribution < 1.29 is 9.47 Å². The van der Waals surface area contributed by atoms with Crippen LogP contribution in [0.4, 0.5) is 0 Å². The summed E-state index contributed by atoms with van der Waals surface area (Å²) in [5.74, 6) is 1.74. The molecule has 0 saturated carbocycles. The van der Waals surface area contributed by atoms with Crippen LogP contribution in [0.5, 0.6) is 5.75 Å². The Bertz CT molecular complexity index is 755. The zero-order valence-corrected chi connectivity index (χ0v) is 18.6. The molecular formula is C21H32N4O2S. The van der Waals surface area contributed by atoms with Gasteiger partial charge < -0.3 is 19.7 Å². The lowest BCUT2D eigenvalue weighted by atomic mass is 10.1. The molecule has 0 aliphatic rings. The van der Waals surface area contributed by atoms with E-state index in [9.17, 15) is 0 Å². The molecule has 0 amide bonds. The first-order valence-corrected chi connectivity index (χ1v) is 10.5. The Kier molecular flexibility index (Phi) is 8.73. The lowest BCUT2D eigenvalue weighted by Gasteiger charge is -2.21. The van der Waals surface area contributed by atoms with Gasteiger partial charge in [0.15, 0.2) is 5.96 Å². The Balaban J connectivity index is 1.92. The number of rotatable bonds is 9. The van der Waals surface area contributed by atoms with E-state index < -0.39 is 0 Å². The second-order valence-corrected chi connectivity index (χ2v) is 7.71. The quantitative estimate of drug-likeness (QED) is 0.390. The number of aromatic nitrogens is 1. The van der Waals surface area contributed by atoms with Crippen LogP contribution in [0.1, 0.15) is 41.8 Å². The average Bonchev–Trinajstić information content (AvgIpc) is 3.11. The van der Waals surface area contributed by atoms with Crippen molar-refractivity contribution >= 4 is 17.3 Å². The molecule has 1 heterocycles. The van der Waals surface area contributed by atoms with Crippen molar-refractivity contribution in [1.82, 2.24) is 15.2 Å². The molecule has 2 rings (SSSR count). The van der Waals surface area contributed by atoms with Crippen LogP contribution >= 0.6 is 11.3 Å². The maximum absolute atomic E-state index is 5.86. The van der Waals surface area contributed by atoms with Crippen LogP contribution in [0.15, 0.2) is 28.6 Å². The Morgan fingerprint density at radius 1 is 1.29 bits per heavy atom. The fourth-order valence-electron chi connectivity index (χ4n) is 2.80. The van der Waals surface area contributed by atoms with Crippen molar-refractivity contribution in [1.29, 1.82) is 0 Å². The van der Waals surface area contributed by atoms with E-state index in [1.165, 1.54) is 11.1 Å². The lowest BCUT2D eigenvalue weighted by molar-refractivity contribution is 0.119. The van der Waals surface area contributed by atoms with E-state index >= 15 is 0 Å². The highest BCUT2D eigenvalue weighted by molar-refractivity contribution is 7.09. The fourth-order valence-corrected chi connectivity index (χ4v) is 3.64. The molecule has 1 unspecified atom stereocenters. The molecule has 0 aliphatic carbocycles. The Hall–Kier alpha value is -2.12. The van der Waals surface area contributed by atoms with Gasteiger partial charge in [-0.1, -0.05) is 6.07 Å². The summed E-state index contributed by atoms with van der Waals surface area (Å²) in [6.45, 7) is 10.9. The summed E-state index contributed by atoms with van der Waals surface area (Å²) in [4.78, 5) is 11.4. The molecule has 0 radical (unpaired) electrons. The third kappa shape index (κ3) is 6.80. The van der Waals surface area contributed by atoms with Crippen LogP contribution in [0.25, 0.3) is 0 Å². The van der Waals surface area contributed by atoms with Crippen LogP contribution in [0.2, 0.25) is 0 Å². The maximum Gasteiger partial charge on any atom is 0.194 e. The molecule has 1 N–H and O–H groups in total. The number of aryl methyl sites for hydroxylation is 2. The topological polar surface area (TPSA) is 59.0 Å². The van der Waals surface area contributed by atoms with E-state index in [1.54, 1.807) is 18.4 Å². The molecule has 0 bridgehead atoms. The van der Waals surface area contributed by atoms with Gasteiger partial charge in [-0.3, -0.25) is 0 Å². The summed E-state index contributed by atoms with van der Waals surface area (Å²) < 4.78 is 11.2. The number of benzene rings is 1. The second kappa shape index (κ2) is 11.0. The SMILES string of the molecule is CCNC(=NCCOc1cc(C)cc(C)c1)N(C)Cc1csc(C(C)OC)n1. The number of thiazole rings is 1. The molecule has 0 fully saturated rings. The van der Waals surface area contributed by atoms with E-state index in [0.29, 0.717) is 19.7 Å². The van der Waals surface area contributed by atoms with Gasteiger partial charge in [0, 0.05) is 26.1 Å². The third-order valence-electron chi connectivity index (χ3n) is 4.18. The molecule has 1 atom stereocenters. The van der Waals surface area contributed by atoms with Gasteiger partial charge in [0.05, 0.1) is 18.8 Å². The van der Waals surface area contributed by atoms with Gasteiger partial charge in [-0.25, -0.2) is 9.98 Å². The number of hydrogen-bond acceptors (Lipinski definition) is 5. The van der Waals surface area contributed by atoms with Crippen molar-refractivity contribution in [3.8, 4) is 5.75 Å². The van der Waals surface area contributed by atoms with E-state index in [0.717, 1.165) is 29.0 Å². The van der Waals surface area contributed by atoms with Crippen LogP contribution in [0.3, 0.4) is 0 Å². The van der Waals surface area contributed by atoms with Gasteiger partial charge in [-0.2, -0.15) is 0 Å². The van der Waals surface area contributed by atoms with E-state index in [2.05, 4.69) is 64.5 Å². The minimum Gasteiger partial charge on any atom is -0.492 e. The summed E-state index contributed by atoms with van der Waals surface area (Å²) in [7, 11) is 3.72. The summed E-state index contributed by atoms with van der Waals surface area (Å²) in [5, 5.41) is 6.40. The molecular weight excluding hydrogens is 372 g/mol. The molecule has 2 aromatic rings. The summed E-state index contributed by atoms with van der Waals surface area (Å²) >= 11 is 1.63. The van der Waals surface area contributed by atoms with Gasteiger partial charge in [0.25, 0.3) is 0 Å². The Labute approximate surface area is 172 Å². The predicted molar refractivity (Wildman–Crippen MR) is 116 cm³/mol. The maximum atomic E-state index is 5.86. The molecule has 7 heteroatoms. The molecule has 0 saturated heterocycles. The Morgan fingerprint density at radius 2 is 2.00 bits per heavy atom. The number of methoxy groups -OCH3 is 1. The summed E-state index contributed by atoms with van der Waals surface area (Å²) in [6.07, 6.45) is 0.0216. The highest BCUT2D eigenvalue weighted by Gasteiger charge is 2.12. The Morgan fingerprint density at radius 3 is 2.64 bits per heavy atom. The summed E-state index contributed by atoms with van der Waals surface area (Å²) in [5.41, 5.74) is 3.43. The molecule has 1 aromatic heterocycles. The molecule has 0 aliphatic heterocycles. The van der Waals surface area contributed by atoms with E-state index in [1.807, 2.05) is 14.0 Å². The molecule has 6 nitrogen and oxygen atoms in total. The number of nitrogens with zero attached hydrogens (tertiary/aromatic N) is 3. The summed E-state index contributed by atoms with van der Waals surface area (Å²) in [6, 6.07) is 6.24. The normalized spacial score (nSPS) is 12.7. The standard InChI is InChI=1S/C21H32N4O2S/c1-7-22-21(23-8-9-27-19-11-15(2)10-16(3)12-19)25(5)13-18-14-28-20(24-18)17(4)26-6/h10-12,14,17H,7-9,13H2,1-6H3,(H,22,23). The van der Waals surface area contributed by atoms with E-state index in [-0.39, 0.29) is 6.10 Å². The fraction of sp³-hybridized carbons (Fsp3) is 0.524. The highest BCUT2D eigenvalue weighted by atomic mass is 32.1. The zero-order valence-electron chi connectivity index (χ0n) is 17.8. The number of ether oxygens (including phenoxy) is 2. The lowest BCUT2D eigenvalue weighted by Crippen LogP contribution is -2.38. The van der Waals surface area contributed by atoms with E-state index in [4.69, 9.17) is 9.47 Å². The minimum absolute atomic E-state index is 0.0216. The largest absolute Gasteiger partial charge is 0.492 e. The first-order valence-electron chi connectivity index (χ1n) is 9.60. The second-order valence-electron chi connectivity index (χ2n) is 6.82. The smallest absolute Gasteiger partial charge is 0.194 e.